The van der Waals surface area contributed by atoms with Gasteiger partial charge in [0.2, 0.25) is 5.91 Å². The second kappa shape index (κ2) is 8.48. The summed E-state index contributed by atoms with van der Waals surface area (Å²) in [6, 6.07) is 0.508. The van der Waals surface area contributed by atoms with Gasteiger partial charge < -0.3 is 15.3 Å². The molecular weight excluding hydrogens is 228 g/mol. The number of aliphatic hydroxyl groups excluding tert-OH is 1. The average Bonchev–Trinajstić information content (AvgIpc) is 3.15. The molecule has 0 saturated heterocycles. The highest BCUT2D eigenvalue weighted by Crippen LogP contribution is 2.26. The summed E-state index contributed by atoms with van der Waals surface area (Å²) in [7, 11) is 0. The Hall–Kier alpha value is -0.610. The minimum atomic E-state index is 0.222. The van der Waals surface area contributed by atoms with Gasteiger partial charge in [-0.3, -0.25) is 4.79 Å². The first-order valence-corrected chi connectivity index (χ1v) is 7.33. The fraction of sp³-hybridized carbons (Fsp3) is 0.929. The molecule has 0 spiro atoms. The Morgan fingerprint density at radius 2 is 2.11 bits per heavy atom. The number of rotatable bonds is 10. The largest absolute Gasteiger partial charge is 0.396 e. The van der Waals surface area contributed by atoms with Crippen LogP contribution in [0.2, 0.25) is 0 Å². The standard InChI is InChI=1S/C14H28N2O2/c1-3-5-12(8-9-17)10-15-11-14(18)16(4-2)13-6-7-13/h12-13,15,17H,3-11H2,1-2H3. The molecule has 106 valence electrons. The maximum atomic E-state index is 12.0. The third kappa shape index (κ3) is 5.36. The Labute approximate surface area is 111 Å². The molecule has 2 N–H and O–H groups in total. The van der Waals surface area contributed by atoms with E-state index in [4.69, 9.17) is 5.11 Å². The third-order valence-corrected chi connectivity index (χ3v) is 3.59. The molecule has 0 aromatic heterocycles. The van der Waals surface area contributed by atoms with Crippen LogP contribution >= 0.6 is 0 Å². The highest BCUT2D eigenvalue weighted by Gasteiger charge is 2.30. The lowest BCUT2D eigenvalue weighted by Crippen LogP contribution is -2.40. The molecule has 0 aliphatic heterocycles. The maximum Gasteiger partial charge on any atom is 0.236 e. The Bertz CT molecular complexity index is 236. The van der Waals surface area contributed by atoms with Crippen molar-refractivity contribution in [3.8, 4) is 0 Å². The molecular formula is C14H28N2O2. The van der Waals surface area contributed by atoms with E-state index in [1.165, 1.54) is 12.8 Å². The van der Waals surface area contributed by atoms with Gasteiger partial charge in [-0.15, -0.1) is 0 Å². The second-order valence-electron chi connectivity index (χ2n) is 5.21. The van der Waals surface area contributed by atoms with E-state index in [1.807, 2.05) is 11.8 Å². The molecule has 1 fully saturated rings. The minimum Gasteiger partial charge on any atom is -0.396 e. The fourth-order valence-electron chi connectivity index (χ4n) is 2.45. The number of amides is 1. The smallest absolute Gasteiger partial charge is 0.236 e. The van der Waals surface area contributed by atoms with Crippen molar-refractivity contribution in [3.63, 3.8) is 0 Å². The first-order valence-electron chi connectivity index (χ1n) is 7.33. The van der Waals surface area contributed by atoms with E-state index >= 15 is 0 Å². The van der Waals surface area contributed by atoms with E-state index in [0.29, 0.717) is 18.5 Å². The quantitative estimate of drug-likeness (QED) is 0.621. The van der Waals surface area contributed by atoms with Crippen molar-refractivity contribution >= 4 is 5.91 Å². The van der Waals surface area contributed by atoms with Gasteiger partial charge in [-0.1, -0.05) is 13.3 Å². The summed E-state index contributed by atoms with van der Waals surface area (Å²) < 4.78 is 0. The lowest BCUT2D eigenvalue weighted by Gasteiger charge is -2.21. The molecule has 0 radical (unpaired) electrons. The van der Waals surface area contributed by atoms with E-state index in [2.05, 4.69) is 12.2 Å². The molecule has 0 aromatic rings. The van der Waals surface area contributed by atoms with Crippen molar-refractivity contribution in [2.75, 3.05) is 26.2 Å². The number of carbonyl (C=O) groups is 1. The van der Waals surface area contributed by atoms with Crippen molar-refractivity contribution in [1.82, 2.24) is 10.2 Å². The highest BCUT2D eigenvalue weighted by molar-refractivity contribution is 5.78. The first kappa shape index (κ1) is 15.4. The predicted molar refractivity (Wildman–Crippen MR) is 73.4 cm³/mol. The topological polar surface area (TPSA) is 52.6 Å². The molecule has 4 heteroatoms. The van der Waals surface area contributed by atoms with Gasteiger partial charge in [0, 0.05) is 19.2 Å². The number of carbonyl (C=O) groups excluding carboxylic acids is 1. The van der Waals surface area contributed by atoms with Crippen LogP contribution < -0.4 is 5.32 Å². The summed E-state index contributed by atoms with van der Waals surface area (Å²) in [5, 5.41) is 12.2. The molecule has 0 aromatic carbocycles. The number of likely N-dealkylation sites (N-methyl/N-ethyl adjacent to an activating group) is 1. The van der Waals surface area contributed by atoms with Crippen LogP contribution in [0.5, 0.6) is 0 Å². The van der Waals surface area contributed by atoms with Crippen LogP contribution in [-0.2, 0) is 4.79 Å². The SMILES string of the molecule is CCCC(CCO)CNCC(=O)N(CC)C1CC1. The van der Waals surface area contributed by atoms with Gasteiger partial charge in [0.1, 0.15) is 0 Å². The second-order valence-corrected chi connectivity index (χ2v) is 5.21. The van der Waals surface area contributed by atoms with Crippen molar-refractivity contribution in [2.45, 2.75) is 52.0 Å². The summed E-state index contributed by atoms with van der Waals surface area (Å²) in [5.74, 6) is 0.711. The van der Waals surface area contributed by atoms with Gasteiger partial charge in [-0.25, -0.2) is 0 Å². The first-order chi connectivity index (χ1) is 8.72. The van der Waals surface area contributed by atoms with Crippen LogP contribution in [-0.4, -0.2) is 48.2 Å². The van der Waals surface area contributed by atoms with Crippen LogP contribution in [0.3, 0.4) is 0 Å². The van der Waals surface area contributed by atoms with Crippen molar-refractivity contribution in [3.05, 3.63) is 0 Å². The zero-order valence-electron chi connectivity index (χ0n) is 11.8. The molecule has 1 amide bonds. The van der Waals surface area contributed by atoms with Crippen LogP contribution in [0.4, 0.5) is 0 Å². The van der Waals surface area contributed by atoms with E-state index in [9.17, 15) is 4.79 Å². The van der Waals surface area contributed by atoms with Gasteiger partial charge >= 0.3 is 0 Å². The van der Waals surface area contributed by atoms with E-state index in [0.717, 1.165) is 32.4 Å². The number of hydrogen-bond acceptors (Lipinski definition) is 3. The molecule has 0 heterocycles. The molecule has 1 saturated carbocycles. The van der Waals surface area contributed by atoms with Gasteiger partial charge in [0.05, 0.1) is 6.54 Å². The Morgan fingerprint density at radius 3 is 2.61 bits per heavy atom. The fourth-order valence-corrected chi connectivity index (χ4v) is 2.45. The Kier molecular flexibility index (Phi) is 7.28. The van der Waals surface area contributed by atoms with Gasteiger partial charge in [0.15, 0.2) is 0 Å². The predicted octanol–water partition coefficient (Wildman–Crippen LogP) is 1.39. The molecule has 4 nitrogen and oxygen atoms in total. The molecule has 1 aliphatic rings. The molecule has 1 unspecified atom stereocenters. The molecule has 18 heavy (non-hydrogen) atoms. The van der Waals surface area contributed by atoms with Crippen molar-refractivity contribution < 1.29 is 9.90 Å². The molecule has 1 rings (SSSR count). The molecule has 0 bridgehead atoms. The monoisotopic (exact) mass is 256 g/mol. The van der Waals surface area contributed by atoms with Crippen LogP contribution in [0.15, 0.2) is 0 Å². The van der Waals surface area contributed by atoms with E-state index < -0.39 is 0 Å². The number of nitrogens with zero attached hydrogens (tertiary/aromatic N) is 1. The third-order valence-electron chi connectivity index (χ3n) is 3.59. The van der Waals surface area contributed by atoms with E-state index in [1.54, 1.807) is 0 Å². The van der Waals surface area contributed by atoms with Crippen LogP contribution in [0.25, 0.3) is 0 Å². The van der Waals surface area contributed by atoms with Crippen LogP contribution in [0, 0.1) is 5.92 Å². The van der Waals surface area contributed by atoms with Gasteiger partial charge in [0.25, 0.3) is 0 Å². The average molecular weight is 256 g/mol. The minimum absolute atomic E-state index is 0.222. The van der Waals surface area contributed by atoms with Gasteiger partial charge in [-0.2, -0.15) is 0 Å². The lowest BCUT2D eigenvalue weighted by atomic mass is 10.0. The number of aliphatic hydroxyl groups is 1. The normalized spacial score (nSPS) is 16.6. The Morgan fingerprint density at radius 1 is 1.39 bits per heavy atom. The Balaban J connectivity index is 2.19. The zero-order chi connectivity index (χ0) is 13.4. The zero-order valence-corrected chi connectivity index (χ0v) is 11.8. The van der Waals surface area contributed by atoms with Crippen molar-refractivity contribution in [2.24, 2.45) is 5.92 Å². The molecule has 1 atom stereocenters. The summed E-state index contributed by atoms with van der Waals surface area (Å²) in [6.45, 7) is 6.53. The van der Waals surface area contributed by atoms with Gasteiger partial charge in [-0.05, 0) is 45.1 Å². The summed E-state index contributed by atoms with van der Waals surface area (Å²) in [6.07, 6.45) is 5.41. The number of nitrogens with one attached hydrogen (secondary N) is 1. The maximum absolute atomic E-state index is 12.0. The molecule has 1 aliphatic carbocycles. The van der Waals surface area contributed by atoms with E-state index in [-0.39, 0.29) is 12.5 Å². The summed E-state index contributed by atoms with van der Waals surface area (Å²) >= 11 is 0. The van der Waals surface area contributed by atoms with Crippen molar-refractivity contribution in [1.29, 1.82) is 0 Å². The highest BCUT2D eigenvalue weighted by atomic mass is 16.3. The number of hydrogen-bond donors (Lipinski definition) is 2. The van der Waals surface area contributed by atoms with Crippen LogP contribution in [0.1, 0.15) is 46.0 Å². The summed E-state index contributed by atoms with van der Waals surface area (Å²) in [5.41, 5.74) is 0. The lowest BCUT2D eigenvalue weighted by molar-refractivity contribution is -0.130. The summed E-state index contributed by atoms with van der Waals surface area (Å²) in [4.78, 5) is 13.9.